The average molecular weight is 404 g/mol. The van der Waals surface area contributed by atoms with Crippen LogP contribution < -0.4 is 5.43 Å². The highest BCUT2D eigenvalue weighted by Gasteiger charge is 2.11. The van der Waals surface area contributed by atoms with Crippen LogP contribution in [0.25, 0.3) is 32.8 Å². The molecule has 31 heavy (non-hydrogen) atoms. The fraction of sp³-hybridized carbons (Fsp3) is 0.0385. The van der Waals surface area contributed by atoms with Gasteiger partial charge in [-0.1, -0.05) is 72.8 Å². The number of H-pyrrole nitrogens is 1. The number of carbonyl (C=O) groups is 1. The molecule has 0 aliphatic carbocycles. The molecule has 0 radical (unpaired) electrons. The molecule has 0 aliphatic heterocycles. The number of aromatic amines is 1. The quantitative estimate of drug-likeness (QED) is 0.305. The molecule has 0 atom stereocenters. The molecule has 0 unspecified atom stereocenters. The number of amides is 1. The van der Waals surface area contributed by atoms with Gasteiger partial charge in [-0.15, -0.1) is 0 Å². The van der Waals surface area contributed by atoms with E-state index in [4.69, 9.17) is 0 Å². The van der Waals surface area contributed by atoms with E-state index in [2.05, 4.69) is 69.3 Å². The summed E-state index contributed by atoms with van der Waals surface area (Å²) in [5.74, 6) is -0.334. The molecule has 0 bridgehead atoms. The topological polar surface area (TPSA) is 70.1 Å². The molecular formula is C26H20N4O. The molecule has 5 rings (SSSR count). The Morgan fingerprint density at radius 1 is 0.806 bits per heavy atom. The van der Waals surface area contributed by atoms with Crippen molar-refractivity contribution in [3.05, 3.63) is 102 Å². The predicted octanol–water partition coefficient (Wildman–Crippen LogP) is 5.54. The van der Waals surface area contributed by atoms with Gasteiger partial charge in [0.1, 0.15) is 5.69 Å². The molecule has 0 saturated carbocycles. The van der Waals surface area contributed by atoms with E-state index < -0.39 is 0 Å². The van der Waals surface area contributed by atoms with Crippen LogP contribution in [-0.4, -0.2) is 21.8 Å². The van der Waals surface area contributed by atoms with Crippen LogP contribution in [0.15, 0.2) is 96.1 Å². The summed E-state index contributed by atoms with van der Waals surface area (Å²) in [6.07, 6.45) is 0. The molecule has 0 fully saturated rings. The lowest BCUT2D eigenvalue weighted by atomic mass is 10.0. The molecule has 4 aromatic carbocycles. The zero-order chi connectivity index (χ0) is 21.2. The molecule has 0 spiro atoms. The lowest BCUT2D eigenvalue weighted by Gasteiger charge is -2.04. The molecule has 5 nitrogen and oxygen atoms in total. The lowest BCUT2D eigenvalue weighted by Crippen LogP contribution is -2.19. The van der Waals surface area contributed by atoms with Crippen LogP contribution in [0.4, 0.5) is 0 Å². The Morgan fingerprint density at radius 3 is 2.19 bits per heavy atom. The first-order valence-corrected chi connectivity index (χ1v) is 10.1. The van der Waals surface area contributed by atoms with Crippen LogP contribution in [0.5, 0.6) is 0 Å². The van der Waals surface area contributed by atoms with E-state index in [1.54, 1.807) is 6.07 Å². The Kier molecular flexibility index (Phi) is 4.77. The van der Waals surface area contributed by atoms with Crippen molar-refractivity contribution in [2.24, 2.45) is 5.10 Å². The van der Waals surface area contributed by atoms with E-state index in [1.807, 2.05) is 43.3 Å². The Balaban J connectivity index is 1.33. The maximum atomic E-state index is 12.6. The Morgan fingerprint density at radius 2 is 1.45 bits per heavy atom. The van der Waals surface area contributed by atoms with Crippen LogP contribution in [0.2, 0.25) is 0 Å². The number of hydrogen-bond donors (Lipinski definition) is 2. The molecule has 5 aromatic rings. The van der Waals surface area contributed by atoms with Crippen molar-refractivity contribution in [3.8, 4) is 11.3 Å². The first kappa shape index (κ1) is 18.8. The minimum atomic E-state index is -0.334. The van der Waals surface area contributed by atoms with Crippen molar-refractivity contribution in [1.82, 2.24) is 15.6 Å². The van der Waals surface area contributed by atoms with Crippen molar-refractivity contribution in [1.29, 1.82) is 0 Å². The summed E-state index contributed by atoms with van der Waals surface area (Å²) in [5.41, 5.74) is 6.33. The fourth-order valence-electron chi connectivity index (χ4n) is 3.61. The number of hydrogen-bond acceptors (Lipinski definition) is 3. The van der Waals surface area contributed by atoms with E-state index in [9.17, 15) is 4.79 Å². The number of nitrogens with one attached hydrogen (secondary N) is 2. The van der Waals surface area contributed by atoms with Gasteiger partial charge in [0.05, 0.1) is 11.4 Å². The van der Waals surface area contributed by atoms with E-state index in [-0.39, 0.29) is 5.91 Å². The van der Waals surface area contributed by atoms with Gasteiger partial charge in [0.25, 0.3) is 5.91 Å². The smallest absolute Gasteiger partial charge is 0.272 e. The molecule has 5 heteroatoms. The summed E-state index contributed by atoms with van der Waals surface area (Å²) < 4.78 is 0. The third-order valence-electron chi connectivity index (χ3n) is 5.36. The maximum absolute atomic E-state index is 12.6. The molecule has 0 aliphatic rings. The van der Waals surface area contributed by atoms with Crippen molar-refractivity contribution in [3.63, 3.8) is 0 Å². The van der Waals surface area contributed by atoms with Gasteiger partial charge in [0.2, 0.25) is 0 Å². The van der Waals surface area contributed by atoms with Gasteiger partial charge >= 0.3 is 0 Å². The van der Waals surface area contributed by atoms with Gasteiger partial charge in [-0.05, 0) is 52.2 Å². The number of fused-ring (bicyclic) bond motifs is 2. The minimum Gasteiger partial charge on any atom is -0.272 e. The average Bonchev–Trinajstić information content (AvgIpc) is 3.32. The number of benzene rings is 4. The Labute approximate surface area is 179 Å². The summed E-state index contributed by atoms with van der Waals surface area (Å²) in [5, 5.41) is 16.0. The van der Waals surface area contributed by atoms with E-state index in [0.29, 0.717) is 11.4 Å². The SMILES string of the molecule is C/C(=N\NC(=O)c1cc(-c2ccc3ccccc3c2)n[nH]1)c1ccc2ccccc2c1. The predicted molar refractivity (Wildman–Crippen MR) is 125 cm³/mol. The molecule has 1 amide bonds. The number of nitrogens with zero attached hydrogens (tertiary/aromatic N) is 2. The van der Waals surface area contributed by atoms with Gasteiger partial charge in [-0.25, -0.2) is 5.43 Å². The van der Waals surface area contributed by atoms with Crippen molar-refractivity contribution < 1.29 is 4.79 Å². The van der Waals surface area contributed by atoms with Gasteiger partial charge in [0, 0.05) is 5.56 Å². The molecule has 150 valence electrons. The standard InChI is InChI=1S/C26H20N4O/c1-17(20-12-10-18-6-2-4-8-21(18)14-20)27-30-26(31)25-16-24(28-29-25)23-13-11-19-7-3-5-9-22(19)15-23/h2-16H,1H3,(H,28,29)(H,30,31)/b27-17+. The minimum absolute atomic E-state index is 0.334. The van der Waals surface area contributed by atoms with Gasteiger partial charge in [-0.3, -0.25) is 9.89 Å². The Bertz CT molecular complexity index is 1450. The zero-order valence-corrected chi connectivity index (χ0v) is 17.0. The van der Waals surface area contributed by atoms with Crippen LogP contribution in [0, 0.1) is 0 Å². The zero-order valence-electron chi connectivity index (χ0n) is 17.0. The molecule has 2 N–H and O–H groups in total. The third kappa shape index (κ3) is 3.81. The normalized spacial score (nSPS) is 11.7. The summed E-state index contributed by atoms with van der Waals surface area (Å²) in [6, 6.07) is 30.3. The van der Waals surface area contributed by atoms with Crippen molar-refractivity contribution >= 4 is 33.2 Å². The van der Waals surface area contributed by atoms with Gasteiger partial charge in [0.15, 0.2) is 0 Å². The maximum Gasteiger partial charge on any atom is 0.289 e. The number of carbonyl (C=O) groups excluding carboxylic acids is 1. The second-order valence-corrected chi connectivity index (χ2v) is 7.43. The highest BCUT2D eigenvalue weighted by molar-refractivity contribution is 6.03. The monoisotopic (exact) mass is 404 g/mol. The first-order chi connectivity index (χ1) is 15.2. The van der Waals surface area contributed by atoms with Gasteiger partial charge in [-0.2, -0.15) is 10.2 Å². The fourth-order valence-corrected chi connectivity index (χ4v) is 3.61. The second kappa shape index (κ2) is 7.88. The lowest BCUT2D eigenvalue weighted by molar-refractivity contribution is 0.0950. The Hall–Kier alpha value is -4.25. The van der Waals surface area contributed by atoms with E-state index >= 15 is 0 Å². The summed E-state index contributed by atoms with van der Waals surface area (Å²) in [4.78, 5) is 12.6. The highest BCUT2D eigenvalue weighted by Crippen LogP contribution is 2.23. The van der Waals surface area contributed by atoms with E-state index in [1.165, 1.54) is 10.8 Å². The number of hydrazone groups is 1. The summed E-state index contributed by atoms with van der Waals surface area (Å²) in [6.45, 7) is 1.87. The van der Waals surface area contributed by atoms with Gasteiger partial charge < -0.3 is 0 Å². The highest BCUT2D eigenvalue weighted by atomic mass is 16.2. The molecule has 1 heterocycles. The molecular weight excluding hydrogens is 384 g/mol. The van der Waals surface area contributed by atoms with Crippen LogP contribution in [-0.2, 0) is 0 Å². The number of aromatic nitrogens is 2. The van der Waals surface area contributed by atoms with Crippen LogP contribution in [0.1, 0.15) is 23.0 Å². The first-order valence-electron chi connectivity index (χ1n) is 10.1. The molecule has 0 saturated heterocycles. The van der Waals surface area contributed by atoms with Crippen molar-refractivity contribution in [2.75, 3.05) is 0 Å². The van der Waals surface area contributed by atoms with Crippen LogP contribution >= 0.6 is 0 Å². The van der Waals surface area contributed by atoms with Crippen molar-refractivity contribution in [2.45, 2.75) is 6.92 Å². The third-order valence-corrected chi connectivity index (χ3v) is 5.36. The van der Waals surface area contributed by atoms with E-state index in [0.717, 1.165) is 27.6 Å². The largest absolute Gasteiger partial charge is 0.289 e. The number of rotatable bonds is 4. The summed E-state index contributed by atoms with van der Waals surface area (Å²) >= 11 is 0. The van der Waals surface area contributed by atoms with Crippen LogP contribution in [0.3, 0.4) is 0 Å². The summed E-state index contributed by atoms with van der Waals surface area (Å²) in [7, 11) is 0. The molecule has 1 aromatic heterocycles. The second-order valence-electron chi connectivity index (χ2n) is 7.43.